The van der Waals surface area contributed by atoms with Crippen molar-refractivity contribution in [1.82, 2.24) is 0 Å². The molecule has 0 bridgehead atoms. The Labute approximate surface area is 146 Å². The first-order valence-corrected chi connectivity index (χ1v) is 8.98. The average molecular weight is 341 g/mol. The summed E-state index contributed by atoms with van der Waals surface area (Å²) >= 11 is 1.65. The van der Waals surface area contributed by atoms with Gasteiger partial charge in [0.05, 0.1) is 6.42 Å². The van der Waals surface area contributed by atoms with E-state index in [2.05, 4.69) is 0 Å². The van der Waals surface area contributed by atoms with Gasteiger partial charge >= 0.3 is 5.97 Å². The fourth-order valence-corrected chi connectivity index (χ4v) is 2.49. The van der Waals surface area contributed by atoms with Crippen LogP contribution in [0.15, 0.2) is 48.5 Å². The van der Waals surface area contributed by atoms with Gasteiger partial charge in [0.25, 0.3) is 6.26 Å². The van der Waals surface area contributed by atoms with Gasteiger partial charge in [-0.2, -0.15) is 11.8 Å². The maximum absolute atomic E-state index is 11.7. The van der Waals surface area contributed by atoms with Crippen molar-refractivity contribution in [3.63, 3.8) is 0 Å². The lowest BCUT2D eigenvalue weighted by molar-refractivity contribution is -0.142. The molecule has 0 aliphatic heterocycles. The summed E-state index contributed by atoms with van der Waals surface area (Å²) in [5, 5.41) is 8.56. The molecule has 2 aromatic carbocycles. The van der Waals surface area contributed by atoms with Gasteiger partial charge in [0.15, 0.2) is 0 Å². The summed E-state index contributed by atoms with van der Waals surface area (Å²) < 4.78 is 9.99. The number of hydrogen-bond acceptors (Lipinski definition) is 5. The lowest BCUT2D eigenvalue weighted by Crippen LogP contribution is -2.10. The molecule has 0 saturated heterocycles. The normalized spacial score (nSPS) is 10.0. The summed E-state index contributed by atoms with van der Waals surface area (Å²) in [4.78, 5) is 11.7. The Balaban J connectivity index is 1.91. The molecule has 0 fully saturated rings. The molecule has 0 unspecified atom stereocenters. The van der Waals surface area contributed by atoms with E-state index in [-0.39, 0.29) is 5.97 Å². The van der Waals surface area contributed by atoms with E-state index in [1.54, 1.807) is 24.1 Å². The fourth-order valence-electron chi connectivity index (χ4n) is 2.24. The Morgan fingerprint density at radius 2 is 1.88 bits per heavy atom. The predicted molar refractivity (Wildman–Crippen MR) is 95.0 cm³/mol. The van der Waals surface area contributed by atoms with Gasteiger partial charge in [0.2, 0.25) is 0 Å². The van der Waals surface area contributed by atoms with E-state index in [1.807, 2.05) is 48.7 Å². The quantitative estimate of drug-likeness (QED) is 0.417. The third-order valence-corrected chi connectivity index (χ3v) is 3.97. The number of hydrogen-bond donors (Lipinski definition) is 0. The summed E-state index contributed by atoms with van der Waals surface area (Å²) in [6.45, 7) is 0.458. The number of carbonyl (C=O) groups is 1. The minimum absolute atomic E-state index is 0.196. The van der Waals surface area contributed by atoms with Crippen LogP contribution in [0, 0.1) is 11.5 Å². The van der Waals surface area contributed by atoms with Crippen molar-refractivity contribution in [1.29, 1.82) is 5.26 Å². The number of rotatable bonds is 8. The molecule has 0 aliphatic rings. The molecule has 2 aromatic rings. The van der Waals surface area contributed by atoms with Gasteiger partial charge in [-0.05, 0) is 41.5 Å². The second-order valence-corrected chi connectivity index (χ2v) is 6.21. The highest BCUT2D eigenvalue weighted by Crippen LogP contribution is 2.17. The molecule has 0 atom stereocenters. The Morgan fingerprint density at radius 1 is 1.12 bits per heavy atom. The van der Waals surface area contributed by atoms with Gasteiger partial charge in [-0.15, -0.1) is 5.26 Å². The number of nitrogens with zero attached hydrogens (tertiary/aromatic N) is 1. The van der Waals surface area contributed by atoms with Crippen molar-refractivity contribution < 1.29 is 14.3 Å². The molecule has 24 heavy (non-hydrogen) atoms. The number of thioether (sulfide) groups is 1. The summed E-state index contributed by atoms with van der Waals surface area (Å²) in [7, 11) is 0. The minimum atomic E-state index is -0.196. The van der Waals surface area contributed by atoms with Crippen LogP contribution in [0.5, 0.6) is 5.75 Å². The number of benzene rings is 2. The zero-order chi connectivity index (χ0) is 17.2. The molecule has 0 heterocycles. The molecule has 0 saturated carbocycles. The summed E-state index contributed by atoms with van der Waals surface area (Å²) in [6, 6.07) is 15.3. The molecule has 0 aromatic heterocycles. The van der Waals surface area contributed by atoms with Crippen LogP contribution in [0.4, 0.5) is 0 Å². The molecule has 0 spiro atoms. The molecule has 2 rings (SSSR count). The average Bonchev–Trinajstić information content (AvgIpc) is 2.58. The van der Waals surface area contributed by atoms with Crippen molar-refractivity contribution >= 4 is 17.7 Å². The molecule has 124 valence electrons. The van der Waals surface area contributed by atoms with Crippen molar-refractivity contribution in [2.75, 3.05) is 18.6 Å². The standard InChI is InChI=1S/C19H19NO3S/c1-24-10-9-22-19(21)13-16-7-5-15(6-8-16)11-17-3-2-4-18(12-17)23-14-20/h2-8,12H,9-11,13H2,1H3. The highest BCUT2D eigenvalue weighted by molar-refractivity contribution is 7.98. The van der Waals surface area contributed by atoms with Crippen molar-refractivity contribution in [2.24, 2.45) is 0 Å². The van der Waals surface area contributed by atoms with Gasteiger partial charge in [0, 0.05) is 5.75 Å². The maximum Gasteiger partial charge on any atom is 0.310 e. The zero-order valence-electron chi connectivity index (χ0n) is 13.5. The molecular formula is C19H19NO3S. The first-order chi connectivity index (χ1) is 11.7. The van der Waals surface area contributed by atoms with E-state index in [4.69, 9.17) is 14.7 Å². The van der Waals surface area contributed by atoms with E-state index in [0.717, 1.165) is 28.9 Å². The lowest BCUT2D eigenvalue weighted by Gasteiger charge is -2.06. The third-order valence-electron chi connectivity index (χ3n) is 3.39. The Hall–Kier alpha value is -2.45. The van der Waals surface area contributed by atoms with Crippen molar-refractivity contribution in [2.45, 2.75) is 12.8 Å². The van der Waals surface area contributed by atoms with Crippen LogP contribution in [0.1, 0.15) is 16.7 Å². The first-order valence-electron chi connectivity index (χ1n) is 7.58. The SMILES string of the molecule is CSCCOC(=O)Cc1ccc(Cc2cccc(OC#N)c2)cc1. The summed E-state index contributed by atoms with van der Waals surface area (Å²) in [5.74, 6) is 1.16. The highest BCUT2D eigenvalue weighted by Gasteiger charge is 2.05. The van der Waals surface area contributed by atoms with E-state index in [9.17, 15) is 4.79 Å². The molecule has 0 amide bonds. The number of esters is 1. The van der Waals surface area contributed by atoms with E-state index in [0.29, 0.717) is 18.8 Å². The maximum atomic E-state index is 11.7. The van der Waals surface area contributed by atoms with Crippen LogP contribution >= 0.6 is 11.8 Å². The molecular weight excluding hydrogens is 322 g/mol. The van der Waals surface area contributed by atoms with Gasteiger partial charge in [-0.25, -0.2) is 0 Å². The van der Waals surface area contributed by atoms with Crippen LogP contribution in [0.25, 0.3) is 0 Å². The molecule has 0 aliphatic carbocycles. The summed E-state index contributed by atoms with van der Waals surface area (Å²) in [6.07, 6.45) is 4.68. The van der Waals surface area contributed by atoms with Crippen molar-refractivity contribution in [3.8, 4) is 12.0 Å². The van der Waals surface area contributed by atoms with E-state index in [1.165, 1.54) is 0 Å². The molecule has 4 nitrogen and oxygen atoms in total. The predicted octanol–water partition coefficient (Wildman–Crippen LogP) is 3.59. The van der Waals surface area contributed by atoms with Gasteiger partial charge < -0.3 is 9.47 Å². The van der Waals surface area contributed by atoms with Crippen molar-refractivity contribution in [3.05, 3.63) is 65.2 Å². The number of ether oxygens (including phenoxy) is 2. The van der Waals surface area contributed by atoms with Crippen LogP contribution < -0.4 is 4.74 Å². The fraction of sp³-hybridized carbons (Fsp3) is 0.263. The molecule has 5 heteroatoms. The number of nitriles is 1. The van der Waals surface area contributed by atoms with Crippen LogP contribution in [-0.2, 0) is 22.4 Å². The third kappa shape index (κ3) is 5.98. The Kier molecular flexibility index (Phi) is 7.19. The second kappa shape index (κ2) is 9.64. The first kappa shape index (κ1) is 17.9. The minimum Gasteiger partial charge on any atom is -0.465 e. The van der Waals surface area contributed by atoms with Gasteiger partial charge in [-0.1, -0.05) is 36.4 Å². The van der Waals surface area contributed by atoms with Crippen LogP contribution in [0.2, 0.25) is 0 Å². The lowest BCUT2D eigenvalue weighted by atomic mass is 10.0. The van der Waals surface area contributed by atoms with Crippen LogP contribution in [-0.4, -0.2) is 24.6 Å². The Bertz CT molecular complexity index is 707. The largest absolute Gasteiger partial charge is 0.465 e. The van der Waals surface area contributed by atoms with E-state index >= 15 is 0 Å². The topological polar surface area (TPSA) is 59.3 Å². The summed E-state index contributed by atoms with van der Waals surface area (Å²) in [5.41, 5.74) is 3.13. The van der Waals surface area contributed by atoms with E-state index < -0.39 is 0 Å². The van der Waals surface area contributed by atoms with Gasteiger partial charge in [-0.3, -0.25) is 4.79 Å². The van der Waals surface area contributed by atoms with Gasteiger partial charge in [0.1, 0.15) is 12.4 Å². The monoisotopic (exact) mass is 341 g/mol. The zero-order valence-corrected chi connectivity index (χ0v) is 14.3. The smallest absolute Gasteiger partial charge is 0.310 e. The highest BCUT2D eigenvalue weighted by atomic mass is 32.2. The van der Waals surface area contributed by atoms with Crippen LogP contribution in [0.3, 0.4) is 0 Å². The molecule has 0 N–H and O–H groups in total. The number of carbonyl (C=O) groups excluding carboxylic acids is 1. The Morgan fingerprint density at radius 3 is 2.58 bits per heavy atom. The second-order valence-electron chi connectivity index (χ2n) is 5.22. The molecule has 0 radical (unpaired) electrons.